The van der Waals surface area contributed by atoms with Crippen molar-refractivity contribution >= 4 is 17.4 Å². The minimum Gasteiger partial charge on any atom is -0.338 e. The summed E-state index contributed by atoms with van der Waals surface area (Å²) in [6.07, 6.45) is 4.74. The molecule has 0 N–H and O–H groups in total. The number of alkyl halides is 1. The lowest BCUT2D eigenvalue weighted by atomic mass is 10.2. The first-order chi connectivity index (χ1) is 7.27. The Morgan fingerprint density at radius 1 is 1.40 bits per heavy atom. The highest BCUT2D eigenvalue weighted by atomic mass is 35.5. The van der Waals surface area contributed by atoms with Gasteiger partial charge in [-0.15, -0.1) is 0 Å². The molecule has 1 aromatic rings. The summed E-state index contributed by atoms with van der Waals surface area (Å²) in [6, 6.07) is 2.41. The van der Waals surface area contributed by atoms with E-state index in [1.807, 2.05) is 6.07 Å². The van der Waals surface area contributed by atoms with Crippen LogP contribution in [0.1, 0.15) is 19.3 Å². The van der Waals surface area contributed by atoms with E-state index in [0.717, 1.165) is 12.2 Å². The molecule has 80 valence electrons. The molecule has 0 amide bonds. The van der Waals surface area contributed by atoms with Crippen molar-refractivity contribution in [2.75, 3.05) is 4.90 Å². The molecule has 1 aromatic heterocycles. The third-order valence-electron chi connectivity index (χ3n) is 3.01. The van der Waals surface area contributed by atoms with Gasteiger partial charge < -0.3 is 4.90 Å². The first-order valence-electron chi connectivity index (χ1n) is 5.25. The molecular formula is C10H12ClN3O. The van der Waals surface area contributed by atoms with Crippen LogP contribution < -0.4 is 10.6 Å². The molecule has 2 heterocycles. The zero-order chi connectivity index (χ0) is 10.4. The smallest absolute Gasteiger partial charge is 0.338 e. The Bertz CT molecular complexity index is 441. The largest absolute Gasteiger partial charge is 0.349 e. The second-order valence-electron chi connectivity index (χ2n) is 4.10. The molecule has 0 saturated heterocycles. The first-order valence-corrected chi connectivity index (χ1v) is 5.69. The predicted octanol–water partition coefficient (Wildman–Crippen LogP) is 1.18. The summed E-state index contributed by atoms with van der Waals surface area (Å²) in [5.41, 5.74) is -0.138. The van der Waals surface area contributed by atoms with E-state index in [-0.39, 0.29) is 11.2 Å². The highest BCUT2D eigenvalue weighted by Crippen LogP contribution is 2.37. The van der Waals surface area contributed by atoms with Crippen LogP contribution in [-0.2, 0) is 6.54 Å². The van der Waals surface area contributed by atoms with E-state index in [1.165, 1.54) is 12.8 Å². The van der Waals surface area contributed by atoms with E-state index in [4.69, 9.17) is 11.6 Å². The molecule has 1 unspecified atom stereocenters. The molecule has 2 aliphatic rings. The number of fused-ring (bicyclic) bond motifs is 1. The summed E-state index contributed by atoms with van der Waals surface area (Å²) in [4.78, 5) is 17.5. The van der Waals surface area contributed by atoms with Gasteiger partial charge in [0.2, 0.25) is 0 Å². The van der Waals surface area contributed by atoms with Crippen LogP contribution in [0.15, 0.2) is 17.1 Å². The lowest BCUT2D eigenvalue weighted by Gasteiger charge is -2.35. The van der Waals surface area contributed by atoms with E-state index in [2.05, 4.69) is 9.88 Å². The molecule has 1 atom stereocenters. The van der Waals surface area contributed by atoms with Crippen LogP contribution in [0.5, 0.6) is 0 Å². The summed E-state index contributed by atoms with van der Waals surface area (Å²) in [5.74, 6) is 0.934. The number of halogens is 1. The number of nitrogens with zero attached hydrogens (tertiary/aromatic N) is 3. The highest BCUT2D eigenvalue weighted by Gasteiger charge is 2.37. The van der Waals surface area contributed by atoms with Gasteiger partial charge in [0.15, 0.2) is 0 Å². The Balaban J connectivity index is 2.10. The van der Waals surface area contributed by atoms with Crippen LogP contribution in [0, 0.1) is 0 Å². The average molecular weight is 226 g/mol. The van der Waals surface area contributed by atoms with Crippen molar-refractivity contribution in [1.29, 1.82) is 0 Å². The minimum absolute atomic E-state index is 0.0271. The summed E-state index contributed by atoms with van der Waals surface area (Å²) >= 11 is 6.29. The fourth-order valence-corrected chi connectivity index (χ4v) is 2.50. The molecular weight excluding hydrogens is 214 g/mol. The van der Waals surface area contributed by atoms with Gasteiger partial charge in [0.05, 0.1) is 0 Å². The summed E-state index contributed by atoms with van der Waals surface area (Å²) in [7, 11) is 0. The Morgan fingerprint density at radius 3 is 2.93 bits per heavy atom. The molecule has 0 bridgehead atoms. The second-order valence-corrected chi connectivity index (χ2v) is 4.60. The van der Waals surface area contributed by atoms with Gasteiger partial charge in [0.25, 0.3) is 0 Å². The summed E-state index contributed by atoms with van der Waals surface area (Å²) < 4.78 is 1.72. The zero-order valence-electron chi connectivity index (χ0n) is 8.27. The van der Waals surface area contributed by atoms with Gasteiger partial charge >= 0.3 is 5.69 Å². The van der Waals surface area contributed by atoms with Crippen LogP contribution in [0.4, 0.5) is 5.82 Å². The average Bonchev–Trinajstić information content (AvgIpc) is 3.01. The number of rotatable bonds is 1. The lowest BCUT2D eigenvalue weighted by molar-refractivity contribution is 0.507. The van der Waals surface area contributed by atoms with Gasteiger partial charge in [-0.05, 0) is 25.3 Å². The minimum atomic E-state index is -0.165. The number of hydrogen-bond acceptors (Lipinski definition) is 3. The van der Waals surface area contributed by atoms with E-state index in [0.29, 0.717) is 12.6 Å². The predicted molar refractivity (Wildman–Crippen MR) is 58.3 cm³/mol. The van der Waals surface area contributed by atoms with Crippen LogP contribution >= 0.6 is 11.6 Å². The fraction of sp³-hybridized carbons (Fsp3) is 0.600. The van der Waals surface area contributed by atoms with Gasteiger partial charge in [-0.1, -0.05) is 11.6 Å². The topological polar surface area (TPSA) is 38.1 Å². The number of aromatic nitrogens is 2. The van der Waals surface area contributed by atoms with E-state index < -0.39 is 0 Å². The van der Waals surface area contributed by atoms with E-state index >= 15 is 0 Å². The Morgan fingerprint density at radius 2 is 2.20 bits per heavy atom. The van der Waals surface area contributed by atoms with E-state index in [9.17, 15) is 4.79 Å². The quantitative estimate of drug-likeness (QED) is 0.532. The van der Waals surface area contributed by atoms with Crippen molar-refractivity contribution in [2.24, 2.45) is 0 Å². The van der Waals surface area contributed by atoms with Crippen molar-refractivity contribution in [3.63, 3.8) is 0 Å². The molecule has 4 nitrogen and oxygen atoms in total. The Kier molecular flexibility index (Phi) is 1.99. The monoisotopic (exact) mass is 225 g/mol. The number of hydrogen-bond donors (Lipinski definition) is 0. The second kappa shape index (κ2) is 3.23. The van der Waals surface area contributed by atoms with Gasteiger partial charge in [-0.3, -0.25) is 4.57 Å². The summed E-state index contributed by atoms with van der Waals surface area (Å²) in [5, 5.41) is 0. The first kappa shape index (κ1) is 9.21. The van der Waals surface area contributed by atoms with Crippen molar-refractivity contribution in [1.82, 2.24) is 9.55 Å². The van der Waals surface area contributed by atoms with Gasteiger partial charge in [-0.2, -0.15) is 0 Å². The highest BCUT2D eigenvalue weighted by molar-refractivity contribution is 6.22. The molecule has 3 rings (SSSR count). The maximum Gasteiger partial charge on any atom is 0.349 e. The third kappa shape index (κ3) is 1.44. The standard InChI is InChI=1S/C10H12ClN3O/c11-8-4-6-13-9(3-5-12-10(13)15)14(8)7-1-2-7/h3,5,7-8H,1-2,4,6H2. The SMILES string of the molecule is O=c1nccc2n1CCC(Cl)N2C1CC1. The Hall–Kier alpha value is -1.03. The van der Waals surface area contributed by atoms with Gasteiger partial charge in [-0.25, -0.2) is 9.78 Å². The molecule has 0 aromatic carbocycles. The van der Waals surface area contributed by atoms with E-state index in [1.54, 1.807) is 10.8 Å². The van der Waals surface area contributed by atoms with Crippen LogP contribution in [0.3, 0.4) is 0 Å². The molecule has 0 radical (unpaired) electrons. The molecule has 1 saturated carbocycles. The zero-order valence-corrected chi connectivity index (χ0v) is 9.02. The van der Waals surface area contributed by atoms with Crippen LogP contribution in [0.25, 0.3) is 0 Å². The maximum absolute atomic E-state index is 11.5. The molecule has 1 fully saturated rings. The van der Waals surface area contributed by atoms with Crippen molar-refractivity contribution in [3.8, 4) is 0 Å². The fourth-order valence-electron chi connectivity index (χ4n) is 2.15. The van der Waals surface area contributed by atoms with Crippen molar-refractivity contribution < 1.29 is 0 Å². The van der Waals surface area contributed by atoms with Crippen molar-refractivity contribution in [3.05, 3.63) is 22.7 Å². The van der Waals surface area contributed by atoms with Gasteiger partial charge in [0.1, 0.15) is 11.3 Å². The van der Waals surface area contributed by atoms with Crippen LogP contribution in [0.2, 0.25) is 0 Å². The molecule has 0 spiro atoms. The molecule has 15 heavy (non-hydrogen) atoms. The van der Waals surface area contributed by atoms with Crippen molar-refractivity contribution in [2.45, 2.75) is 37.4 Å². The van der Waals surface area contributed by atoms with Crippen LogP contribution in [-0.4, -0.2) is 21.1 Å². The third-order valence-corrected chi connectivity index (χ3v) is 3.44. The summed E-state index contributed by atoms with van der Waals surface area (Å²) in [6.45, 7) is 0.680. The number of anilines is 1. The molecule has 1 aliphatic carbocycles. The lowest BCUT2D eigenvalue weighted by Crippen LogP contribution is -2.43. The van der Waals surface area contributed by atoms with Gasteiger partial charge in [0, 0.05) is 18.8 Å². The molecule has 1 aliphatic heterocycles. The normalized spacial score (nSPS) is 25.1. The Labute approximate surface area is 92.5 Å². The molecule has 5 heteroatoms. The maximum atomic E-state index is 11.5.